The Kier molecular flexibility index (Phi) is 7.02. The van der Waals surface area contributed by atoms with Crippen molar-refractivity contribution in [1.82, 2.24) is 5.43 Å². The predicted molar refractivity (Wildman–Crippen MR) is 116 cm³/mol. The van der Waals surface area contributed by atoms with E-state index in [1.165, 1.54) is 18.2 Å². The molecular weight excluding hydrogens is 477 g/mol. The number of furan rings is 1. The first-order chi connectivity index (χ1) is 14.3. The molecule has 0 aliphatic rings. The molecule has 6 nitrogen and oxygen atoms in total. The zero-order valence-corrected chi connectivity index (χ0v) is 18.1. The summed E-state index contributed by atoms with van der Waals surface area (Å²) in [4.78, 5) is 24.1. The van der Waals surface area contributed by atoms with Crippen LogP contribution in [-0.4, -0.2) is 17.5 Å². The monoisotopic (exact) mass is 491 g/mol. The standard InChI is InChI=1S/C21H16BrClFN3O3/c1-12(26-27-20(28)11-15-16(23)3-2-4-17(15)24)13-5-7-14(8-6-13)25-21(29)18-9-10-19(22)30-18/h2-10H,11H2,1H3,(H,25,29)(H,27,28)/b26-12-. The molecule has 0 fully saturated rings. The van der Waals surface area contributed by atoms with Crippen molar-refractivity contribution in [3.8, 4) is 0 Å². The highest BCUT2D eigenvalue weighted by atomic mass is 79.9. The van der Waals surface area contributed by atoms with Gasteiger partial charge in [0.1, 0.15) is 5.82 Å². The number of hydrogen-bond acceptors (Lipinski definition) is 4. The van der Waals surface area contributed by atoms with E-state index in [0.717, 1.165) is 5.56 Å². The van der Waals surface area contributed by atoms with Crippen LogP contribution in [0.15, 0.2) is 68.8 Å². The van der Waals surface area contributed by atoms with Crippen LogP contribution in [0.25, 0.3) is 0 Å². The lowest BCUT2D eigenvalue weighted by atomic mass is 10.1. The van der Waals surface area contributed by atoms with Crippen molar-refractivity contribution in [3.63, 3.8) is 0 Å². The van der Waals surface area contributed by atoms with Gasteiger partial charge in [0.2, 0.25) is 5.91 Å². The quantitative estimate of drug-likeness (QED) is 0.368. The van der Waals surface area contributed by atoms with E-state index in [9.17, 15) is 14.0 Å². The van der Waals surface area contributed by atoms with Crippen LogP contribution in [-0.2, 0) is 11.2 Å². The molecule has 9 heteroatoms. The maximum absolute atomic E-state index is 13.8. The van der Waals surface area contributed by atoms with Crippen LogP contribution in [0.5, 0.6) is 0 Å². The third kappa shape index (κ3) is 5.55. The first-order valence-corrected chi connectivity index (χ1v) is 9.93. The lowest BCUT2D eigenvalue weighted by Gasteiger charge is -2.07. The number of nitrogens with zero attached hydrogens (tertiary/aromatic N) is 1. The summed E-state index contributed by atoms with van der Waals surface area (Å²) in [6.07, 6.45) is -0.226. The van der Waals surface area contributed by atoms with Crippen LogP contribution in [0.1, 0.15) is 28.6 Å². The summed E-state index contributed by atoms with van der Waals surface area (Å²) in [6.45, 7) is 1.71. The van der Waals surface area contributed by atoms with E-state index in [0.29, 0.717) is 16.1 Å². The van der Waals surface area contributed by atoms with E-state index in [-0.39, 0.29) is 28.7 Å². The van der Waals surface area contributed by atoms with Gasteiger partial charge in [0, 0.05) is 16.3 Å². The number of halogens is 3. The second-order valence-electron chi connectivity index (χ2n) is 6.24. The lowest BCUT2D eigenvalue weighted by Crippen LogP contribution is -2.22. The van der Waals surface area contributed by atoms with Crippen molar-refractivity contribution < 1.29 is 18.4 Å². The van der Waals surface area contributed by atoms with Gasteiger partial charge in [-0.25, -0.2) is 9.82 Å². The van der Waals surface area contributed by atoms with Crippen molar-refractivity contribution in [2.45, 2.75) is 13.3 Å². The minimum Gasteiger partial charge on any atom is -0.444 e. The van der Waals surface area contributed by atoms with Gasteiger partial charge in [0.15, 0.2) is 10.4 Å². The number of carbonyl (C=O) groups excluding carboxylic acids is 2. The van der Waals surface area contributed by atoms with Gasteiger partial charge in [0.25, 0.3) is 5.91 Å². The van der Waals surface area contributed by atoms with Gasteiger partial charge in [-0.3, -0.25) is 9.59 Å². The number of rotatable bonds is 6. The summed E-state index contributed by atoms with van der Waals surface area (Å²) in [5, 5.41) is 6.93. The third-order valence-electron chi connectivity index (χ3n) is 4.10. The van der Waals surface area contributed by atoms with Crippen LogP contribution in [0.2, 0.25) is 5.02 Å². The summed E-state index contributed by atoms with van der Waals surface area (Å²) in [5.74, 6) is -1.23. The Morgan fingerprint density at radius 1 is 1.13 bits per heavy atom. The maximum atomic E-state index is 13.8. The summed E-state index contributed by atoms with van der Waals surface area (Å²) in [5.41, 5.74) is 4.35. The second-order valence-corrected chi connectivity index (χ2v) is 7.43. The molecule has 0 spiro atoms. The van der Waals surface area contributed by atoms with Gasteiger partial charge < -0.3 is 9.73 Å². The van der Waals surface area contributed by atoms with E-state index in [4.69, 9.17) is 16.0 Å². The minimum absolute atomic E-state index is 0.119. The number of anilines is 1. The number of amides is 2. The van der Waals surface area contributed by atoms with Crippen molar-refractivity contribution in [2.75, 3.05) is 5.32 Å². The molecule has 2 N–H and O–H groups in total. The summed E-state index contributed by atoms with van der Waals surface area (Å²) in [6, 6.07) is 14.3. The average molecular weight is 493 g/mol. The van der Waals surface area contributed by atoms with Crippen molar-refractivity contribution >= 4 is 50.7 Å². The normalized spacial score (nSPS) is 11.3. The van der Waals surface area contributed by atoms with Gasteiger partial charge in [0.05, 0.1) is 12.1 Å². The molecule has 3 rings (SSSR count). The van der Waals surface area contributed by atoms with Gasteiger partial charge in [-0.1, -0.05) is 29.8 Å². The topological polar surface area (TPSA) is 83.7 Å². The number of benzene rings is 2. The third-order valence-corrected chi connectivity index (χ3v) is 4.89. The molecule has 30 heavy (non-hydrogen) atoms. The molecule has 2 amide bonds. The Morgan fingerprint density at radius 2 is 1.87 bits per heavy atom. The molecule has 1 aromatic heterocycles. The Hall–Kier alpha value is -2.97. The Morgan fingerprint density at radius 3 is 2.50 bits per heavy atom. The predicted octanol–water partition coefficient (Wildman–Crippen LogP) is 5.17. The fraction of sp³-hybridized carbons (Fsp3) is 0.0952. The highest BCUT2D eigenvalue weighted by molar-refractivity contribution is 9.10. The van der Waals surface area contributed by atoms with Crippen LogP contribution in [0.3, 0.4) is 0 Å². The zero-order valence-electron chi connectivity index (χ0n) is 15.7. The molecule has 0 radical (unpaired) electrons. The molecule has 0 bridgehead atoms. The molecular formula is C21H16BrClFN3O3. The van der Waals surface area contributed by atoms with Crippen LogP contribution in [0.4, 0.5) is 10.1 Å². The van der Waals surface area contributed by atoms with E-state index in [1.807, 2.05) is 0 Å². The Labute approximate surface area is 185 Å². The molecule has 154 valence electrons. The lowest BCUT2D eigenvalue weighted by molar-refractivity contribution is -0.120. The van der Waals surface area contributed by atoms with Crippen molar-refractivity contribution in [1.29, 1.82) is 0 Å². The van der Waals surface area contributed by atoms with Crippen molar-refractivity contribution in [2.24, 2.45) is 5.10 Å². The fourth-order valence-corrected chi connectivity index (χ4v) is 3.07. The highest BCUT2D eigenvalue weighted by Crippen LogP contribution is 2.19. The van der Waals surface area contributed by atoms with E-state index >= 15 is 0 Å². The SMILES string of the molecule is C/C(=N/NC(=O)Cc1c(F)cccc1Cl)c1ccc(NC(=O)c2ccc(Br)o2)cc1. The zero-order chi connectivity index (χ0) is 21.7. The fourth-order valence-electron chi connectivity index (χ4n) is 2.54. The van der Waals surface area contributed by atoms with Gasteiger partial charge in [-0.15, -0.1) is 0 Å². The van der Waals surface area contributed by atoms with Crippen LogP contribution in [0, 0.1) is 5.82 Å². The smallest absolute Gasteiger partial charge is 0.291 e. The van der Waals surface area contributed by atoms with E-state index in [1.54, 1.807) is 43.3 Å². The number of hydrogen-bond donors (Lipinski definition) is 2. The van der Waals surface area contributed by atoms with Gasteiger partial charge >= 0.3 is 0 Å². The van der Waals surface area contributed by atoms with Crippen molar-refractivity contribution in [3.05, 3.63) is 87.0 Å². The van der Waals surface area contributed by atoms with Gasteiger partial charge in [-0.05, 0) is 64.8 Å². The molecule has 0 unspecified atom stereocenters. The largest absolute Gasteiger partial charge is 0.444 e. The summed E-state index contributed by atoms with van der Waals surface area (Å²) in [7, 11) is 0. The number of carbonyl (C=O) groups is 2. The van der Waals surface area contributed by atoms with Crippen LogP contribution >= 0.6 is 27.5 Å². The second kappa shape index (κ2) is 9.69. The van der Waals surface area contributed by atoms with E-state index < -0.39 is 11.7 Å². The molecule has 0 saturated heterocycles. The Balaban J connectivity index is 1.59. The molecule has 0 aliphatic heterocycles. The molecule has 0 aliphatic carbocycles. The molecule has 0 saturated carbocycles. The minimum atomic E-state index is -0.544. The molecule has 0 atom stereocenters. The summed E-state index contributed by atoms with van der Waals surface area (Å²) >= 11 is 9.08. The number of nitrogens with one attached hydrogen (secondary N) is 2. The molecule has 3 aromatic rings. The first kappa shape index (κ1) is 21.7. The van der Waals surface area contributed by atoms with E-state index in [2.05, 4.69) is 31.8 Å². The number of hydrazone groups is 1. The highest BCUT2D eigenvalue weighted by Gasteiger charge is 2.12. The molecule has 2 aromatic carbocycles. The van der Waals surface area contributed by atoms with Crippen LogP contribution < -0.4 is 10.7 Å². The molecule has 1 heterocycles. The average Bonchev–Trinajstić information content (AvgIpc) is 3.16. The first-order valence-electron chi connectivity index (χ1n) is 8.76. The van der Waals surface area contributed by atoms with Gasteiger partial charge in [-0.2, -0.15) is 5.10 Å². The maximum Gasteiger partial charge on any atom is 0.291 e. The Bertz CT molecular complexity index is 1090. The summed E-state index contributed by atoms with van der Waals surface area (Å²) < 4.78 is 19.4.